The number of carbonyl (C=O) groups excluding carboxylic acids is 1. The van der Waals surface area contributed by atoms with Crippen LogP contribution < -0.4 is 9.80 Å². The van der Waals surface area contributed by atoms with E-state index in [1.807, 2.05) is 22.3 Å². The lowest BCUT2D eigenvalue weighted by Crippen LogP contribution is -3.14. The molecular formula is C20H26N5OS+. The Labute approximate surface area is 163 Å². The summed E-state index contributed by atoms with van der Waals surface area (Å²) in [5.74, 6) is 1.86. The van der Waals surface area contributed by atoms with Gasteiger partial charge in [-0.05, 0) is 30.4 Å². The largest absolute Gasteiger partial charge is 0.337 e. The summed E-state index contributed by atoms with van der Waals surface area (Å²) in [5.41, 5.74) is 1.53. The Balaban J connectivity index is 1.21. The lowest BCUT2D eigenvalue weighted by Gasteiger charge is -2.37. The summed E-state index contributed by atoms with van der Waals surface area (Å²) in [7, 11) is 0. The maximum absolute atomic E-state index is 13.0. The van der Waals surface area contributed by atoms with Crippen molar-refractivity contribution in [1.29, 1.82) is 0 Å². The van der Waals surface area contributed by atoms with Crippen LogP contribution >= 0.6 is 11.3 Å². The molecule has 1 saturated carbocycles. The molecule has 5 rings (SSSR count). The lowest BCUT2D eigenvalue weighted by atomic mass is 9.96. The van der Waals surface area contributed by atoms with E-state index in [-0.39, 0.29) is 0 Å². The fourth-order valence-electron chi connectivity index (χ4n) is 4.61. The molecule has 6 nitrogen and oxygen atoms in total. The molecular weight excluding hydrogens is 358 g/mol. The van der Waals surface area contributed by atoms with Crippen LogP contribution in [-0.2, 0) is 11.2 Å². The van der Waals surface area contributed by atoms with Crippen LogP contribution in [-0.4, -0.2) is 60.0 Å². The van der Waals surface area contributed by atoms with Crippen molar-refractivity contribution in [3.8, 4) is 0 Å². The van der Waals surface area contributed by atoms with Crippen LogP contribution in [0.5, 0.6) is 0 Å². The summed E-state index contributed by atoms with van der Waals surface area (Å²) in [6.07, 6.45) is 7.32. The zero-order valence-electron chi connectivity index (χ0n) is 15.5. The predicted octanol–water partition coefficient (Wildman–Crippen LogP) is 0.779. The molecule has 2 aromatic heterocycles. The molecule has 0 radical (unpaired) electrons. The van der Waals surface area contributed by atoms with Gasteiger partial charge < -0.3 is 14.7 Å². The first-order chi connectivity index (χ1) is 13.3. The number of nitrogens with zero attached hydrogens (tertiary/aromatic N) is 4. The summed E-state index contributed by atoms with van der Waals surface area (Å²) in [5, 5.41) is 2.23. The Kier molecular flexibility index (Phi) is 4.57. The van der Waals surface area contributed by atoms with E-state index in [2.05, 4.69) is 26.3 Å². The van der Waals surface area contributed by atoms with Crippen LogP contribution in [0.2, 0.25) is 0 Å². The van der Waals surface area contributed by atoms with Gasteiger partial charge in [0.2, 0.25) is 5.95 Å². The minimum Gasteiger partial charge on any atom is -0.337 e. The van der Waals surface area contributed by atoms with Gasteiger partial charge in [0.15, 0.2) is 6.54 Å². The van der Waals surface area contributed by atoms with Gasteiger partial charge in [-0.1, -0.05) is 0 Å². The third kappa shape index (κ3) is 3.46. The Morgan fingerprint density at radius 2 is 1.96 bits per heavy atom. The number of quaternary nitrogens is 1. The number of hydrogen-bond donors (Lipinski definition) is 1. The molecule has 0 spiro atoms. The van der Waals surface area contributed by atoms with E-state index in [4.69, 9.17) is 0 Å². The van der Waals surface area contributed by atoms with Crippen LogP contribution in [0.1, 0.15) is 29.3 Å². The van der Waals surface area contributed by atoms with Crippen LogP contribution in [0, 0.1) is 5.92 Å². The van der Waals surface area contributed by atoms with Gasteiger partial charge in [0, 0.05) is 61.4 Å². The molecule has 1 N–H and O–H groups in total. The van der Waals surface area contributed by atoms with Gasteiger partial charge in [-0.3, -0.25) is 4.79 Å². The zero-order valence-corrected chi connectivity index (χ0v) is 16.3. The number of rotatable bonds is 4. The highest BCUT2D eigenvalue weighted by Crippen LogP contribution is 2.42. The number of carbonyl (C=O) groups is 1. The number of anilines is 1. The Morgan fingerprint density at radius 3 is 2.70 bits per heavy atom. The SMILES string of the molecule is O=C(C[NH+]1CCc2sccc2[C@H]1C1CC1)N1CCN(c2ncccn2)CC1. The quantitative estimate of drug-likeness (QED) is 0.847. The van der Waals surface area contributed by atoms with E-state index in [0.717, 1.165) is 51.0 Å². The number of thiophene rings is 1. The minimum absolute atomic E-state index is 0.308. The van der Waals surface area contributed by atoms with Crippen LogP contribution in [0.3, 0.4) is 0 Å². The molecule has 1 saturated heterocycles. The molecule has 2 aromatic rings. The molecule has 1 amide bonds. The summed E-state index contributed by atoms with van der Waals surface area (Å²) >= 11 is 1.90. The highest BCUT2D eigenvalue weighted by Gasteiger charge is 2.44. The first-order valence-corrected chi connectivity index (χ1v) is 10.9. The van der Waals surface area contributed by atoms with E-state index in [1.54, 1.807) is 17.3 Å². The topological polar surface area (TPSA) is 53.8 Å². The normalized spacial score (nSPS) is 25.3. The summed E-state index contributed by atoms with van der Waals surface area (Å²) in [6.45, 7) is 4.89. The average molecular weight is 385 g/mol. The maximum Gasteiger partial charge on any atom is 0.277 e. The van der Waals surface area contributed by atoms with Crippen molar-refractivity contribution in [3.63, 3.8) is 0 Å². The number of amides is 1. The van der Waals surface area contributed by atoms with Crippen LogP contribution in [0.4, 0.5) is 5.95 Å². The number of piperazine rings is 1. The van der Waals surface area contributed by atoms with Crippen LogP contribution in [0.25, 0.3) is 0 Å². The minimum atomic E-state index is 0.308. The second-order valence-electron chi connectivity index (χ2n) is 7.87. The number of hydrogen-bond acceptors (Lipinski definition) is 5. The Bertz CT molecular complexity index is 798. The van der Waals surface area contributed by atoms with Gasteiger partial charge in [-0.2, -0.15) is 0 Å². The number of aromatic nitrogens is 2. The van der Waals surface area contributed by atoms with Gasteiger partial charge in [-0.25, -0.2) is 9.97 Å². The average Bonchev–Trinajstić information content (AvgIpc) is 3.44. The standard InChI is InChI=1S/C20H25N5OS/c26-18(23-9-11-24(12-10-23)20-21-6-1-7-22-20)14-25-8-4-17-16(5-13-27-17)19(25)15-2-3-15/h1,5-7,13,15,19H,2-4,8-12,14H2/p+1/t19-/m1/s1. The van der Waals surface area contributed by atoms with Crippen molar-refractivity contribution in [2.24, 2.45) is 5.92 Å². The fraction of sp³-hybridized carbons (Fsp3) is 0.550. The fourth-order valence-corrected chi connectivity index (χ4v) is 5.54. The summed E-state index contributed by atoms with van der Waals surface area (Å²) in [6, 6.07) is 4.69. The molecule has 1 aliphatic carbocycles. The van der Waals surface area contributed by atoms with Gasteiger partial charge in [-0.15, -0.1) is 11.3 Å². The van der Waals surface area contributed by atoms with Crippen molar-refractivity contribution in [1.82, 2.24) is 14.9 Å². The van der Waals surface area contributed by atoms with Gasteiger partial charge >= 0.3 is 0 Å². The molecule has 3 aliphatic rings. The summed E-state index contributed by atoms with van der Waals surface area (Å²) < 4.78 is 0. The molecule has 7 heteroatoms. The molecule has 4 heterocycles. The predicted molar refractivity (Wildman–Crippen MR) is 105 cm³/mol. The molecule has 2 aliphatic heterocycles. The molecule has 0 aromatic carbocycles. The lowest BCUT2D eigenvalue weighted by molar-refractivity contribution is -0.929. The second-order valence-corrected chi connectivity index (χ2v) is 8.87. The molecule has 2 atom stereocenters. The molecule has 0 bridgehead atoms. The van der Waals surface area contributed by atoms with E-state index in [0.29, 0.717) is 18.5 Å². The number of nitrogens with one attached hydrogen (secondary N) is 1. The molecule has 27 heavy (non-hydrogen) atoms. The Morgan fingerprint density at radius 1 is 1.19 bits per heavy atom. The third-order valence-corrected chi connectivity index (χ3v) is 7.16. The van der Waals surface area contributed by atoms with Gasteiger partial charge in [0.1, 0.15) is 6.04 Å². The zero-order chi connectivity index (χ0) is 18.2. The van der Waals surface area contributed by atoms with Crippen molar-refractivity contribution in [3.05, 3.63) is 40.3 Å². The van der Waals surface area contributed by atoms with Crippen molar-refractivity contribution in [2.75, 3.05) is 44.2 Å². The summed E-state index contributed by atoms with van der Waals surface area (Å²) in [4.78, 5) is 28.9. The molecule has 1 unspecified atom stereocenters. The van der Waals surface area contributed by atoms with Gasteiger partial charge in [0.05, 0.1) is 6.54 Å². The van der Waals surface area contributed by atoms with E-state index < -0.39 is 0 Å². The van der Waals surface area contributed by atoms with E-state index >= 15 is 0 Å². The van der Waals surface area contributed by atoms with Gasteiger partial charge in [0.25, 0.3) is 5.91 Å². The van der Waals surface area contributed by atoms with E-state index in [1.165, 1.54) is 23.3 Å². The Hall–Kier alpha value is -1.99. The maximum atomic E-state index is 13.0. The molecule has 2 fully saturated rings. The highest BCUT2D eigenvalue weighted by atomic mass is 32.1. The highest BCUT2D eigenvalue weighted by molar-refractivity contribution is 7.10. The second kappa shape index (κ2) is 7.20. The third-order valence-electron chi connectivity index (χ3n) is 6.17. The monoisotopic (exact) mass is 384 g/mol. The molecule has 142 valence electrons. The first kappa shape index (κ1) is 17.1. The van der Waals surface area contributed by atoms with Crippen molar-refractivity contribution >= 4 is 23.2 Å². The van der Waals surface area contributed by atoms with E-state index in [9.17, 15) is 4.79 Å². The van der Waals surface area contributed by atoms with Crippen LogP contribution in [0.15, 0.2) is 29.9 Å². The number of fused-ring (bicyclic) bond motifs is 1. The van der Waals surface area contributed by atoms with Crippen molar-refractivity contribution in [2.45, 2.75) is 25.3 Å². The van der Waals surface area contributed by atoms with Crippen molar-refractivity contribution < 1.29 is 9.69 Å². The first-order valence-electron chi connectivity index (χ1n) is 10.00. The smallest absolute Gasteiger partial charge is 0.277 e.